The molecule has 8 heteroatoms. The Morgan fingerprint density at radius 1 is 0.938 bits per heavy atom. The van der Waals surface area contributed by atoms with Gasteiger partial charge in [-0.15, -0.1) is 0 Å². The van der Waals surface area contributed by atoms with E-state index in [1.165, 1.54) is 12.4 Å². The maximum atomic E-state index is 13.9. The molecule has 4 aromatic rings. The third kappa shape index (κ3) is 4.30. The van der Waals surface area contributed by atoms with Gasteiger partial charge in [-0.3, -0.25) is 0 Å². The van der Waals surface area contributed by atoms with E-state index in [9.17, 15) is 9.50 Å². The standard InChI is InChI=1S/C24H21ClFN3O3/c1-31-22-8-4-15(10-23(22)32-2)12-29(17-5-7-20(26)19(25)11-17)24-18-6-3-16(13-30)9-21(18)27-14-28-24/h3-11,14,30H,12-13H2,1-2H3. The number of methoxy groups -OCH3 is 2. The smallest absolute Gasteiger partial charge is 0.161 e. The van der Waals surface area contributed by atoms with Crippen LogP contribution in [0.4, 0.5) is 15.9 Å². The molecule has 1 heterocycles. The topological polar surface area (TPSA) is 67.7 Å². The largest absolute Gasteiger partial charge is 0.493 e. The van der Waals surface area contributed by atoms with E-state index >= 15 is 0 Å². The fourth-order valence-corrected chi connectivity index (χ4v) is 3.68. The van der Waals surface area contributed by atoms with Crippen molar-refractivity contribution in [1.29, 1.82) is 0 Å². The lowest BCUT2D eigenvalue weighted by Crippen LogP contribution is -2.18. The lowest BCUT2D eigenvalue weighted by Gasteiger charge is -2.26. The highest BCUT2D eigenvalue weighted by atomic mass is 35.5. The van der Waals surface area contributed by atoms with Gasteiger partial charge >= 0.3 is 0 Å². The van der Waals surface area contributed by atoms with E-state index in [4.69, 9.17) is 21.1 Å². The molecule has 0 aliphatic heterocycles. The second-order valence-corrected chi connectivity index (χ2v) is 7.49. The maximum Gasteiger partial charge on any atom is 0.161 e. The van der Waals surface area contributed by atoms with Crippen LogP contribution in [-0.4, -0.2) is 29.3 Å². The van der Waals surface area contributed by atoms with Gasteiger partial charge in [0.2, 0.25) is 0 Å². The van der Waals surface area contributed by atoms with Crippen LogP contribution in [0.2, 0.25) is 5.02 Å². The molecule has 4 rings (SSSR count). The van der Waals surface area contributed by atoms with Crippen LogP contribution in [0.1, 0.15) is 11.1 Å². The van der Waals surface area contributed by atoms with Gasteiger partial charge in [-0.05, 0) is 53.6 Å². The number of rotatable bonds is 7. The van der Waals surface area contributed by atoms with Crippen LogP contribution in [0.15, 0.2) is 60.9 Å². The molecule has 0 atom stereocenters. The summed E-state index contributed by atoms with van der Waals surface area (Å²) >= 11 is 6.09. The fraction of sp³-hybridized carbons (Fsp3) is 0.167. The molecule has 6 nitrogen and oxygen atoms in total. The summed E-state index contributed by atoms with van der Waals surface area (Å²) in [4.78, 5) is 10.8. The first-order valence-electron chi connectivity index (χ1n) is 9.82. The summed E-state index contributed by atoms with van der Waals surface area (Å²) in [7, 11) is 3.16. The summed E-state index contributed by atoms with van der Waals surface area (Å²) in [6.45, 7) is 0.314. The molecule has 1 N–H and O–H groups in total. The van der Waals surface area contributed by atoms with Crippen molar-refractivity contribution in [2.45, 2.75) is 13.2 Å². The molecular weight excluding hydrogens is 433 g/mol. The third-order valence-corrected chi connectivity index (χ3v) is 5.41. The first-order valence-corrected chi connectivity index (χ1v) is 10.2. The molecule has 0 unspecified atom stereocenters. The quantitative estimate of drug-likeness (QED) is 0.411. The van der Waals surface area contributed by atoms with E-state index in [2.05, 4.69) is 9.97 Å². The second kappa shape index (κ2) is 9.38. The van der Waals surface area contributed by atoms with Crippen molar-refractivity contribution in [2.24, 2.45) is 0 Å². The van der Waals surface area contributed by atoms with E-state index in [0.29, 0.717) is 35.1 Å². The van der Waals surface area contributed by atoms with Crippen molar-refractivity contribution in [1.82, 2.24) is 9.97 Å². The maximum absolute atomic E-state index is 13.9. The molecule has 3 aromatic carbocycles. The Bertz CT molecular complexity index is 1270. The minimum Gasteiger partial charge on any atom is -0.493 e. The monoisotopic (exact) mass is 453 g/mol. The van der Waals surface area contributed by atoms with Gasteiger partial charge in [0, 0.05) is 17.6 Å². The predicted octanol–water partition coefficient (Wildman–Crippen LogP) is 5.27. The van der Waals surface area contributed by atoms with Gasteiger partial charge in [0.05, 0.1) is 31.4 Å². The number of aromatic nitrogens is 2. The van der Waals surface area contributed by atoms with Crippen molar-refractivity contribution in [3.63, 3.8) is 0 Å². The molecule has 0 fully saturated rings. The van der Waals surface area contributed by atoms with E-state index in [1.807, 2.05) is 41.3 Å². The number of aliphatic hydroxyl groups excluding tert-OH is 1. The number of fused-ring (bicyclic) bond motifs is 1. The second-order valence-electron chi connectivity index (χ2n) is 7.08. The van der Waals surface area contributed by atoms with Crippen molar-refractivity contribution < 1.29 is 19.0 Å². The summed E-state index contributed by atoms with van der Waals surface area (Å²) in [5, 5.41) is 10.3. The highest BCUT2D eigenvalue weighted by molar-refractivity contribution is 6.31. The molecule has 0 aliphatic rings. The average molecular weight is 454 g/mol. The van der Waals surface area contributed by atoms with Crippen LogP contribution in [0.5, 0.6) is 11.5 Å². The molecule has 0 saturated carbocycles. The summed E-state index contributed by atoms with van der Waals surface area (Å²) in [6.07, 6.45) is 1.46. The van der Waals surface area contributed by atoms with Gasteiger partial charge in [-0.2, -0.15) is 0 Å². The predicted molar refractivity (Wildman–Crippen MR) is 122 cm³/mol. The molecule has 32 heavy (non-hydrogen) atoms. The van der Waals surface area contributed by atoms with E-state index < -0.39 is 5.82 Å². The van der Waals surface area contributed by atoms with Crippen LogP contribution in [0.25, 0.3) is 10.9 Å². The average Bonchev–Trinajstić information content (AvgIpc) is 2.83. The van der Waals surface area contributed by atoms with Crippen LogP contribution in [-0.2, 0) is 13.2 Å². The summed E-state index contributed by atoms with van der Waals surface area (Å²) in [5.41, 5.74) is 3.02. The molecule has 0 bridgehead atoms. The Balaban J connectivity index is 1.85. The van der Waals surface area contributed by atoms with Crippen LogP contribution in [0.3, 0.4) is 0 Å². The number of hydrogen-bond donors (Lipinski definition) is 1. The van der Waals surface area contributed by atoms with Crippen molar-refractivity contribution >= 4 is 34.0 Å². The fourth-order valence-electron chi connectivity index (χ4n) is 3.50. The SMILES string of the molecule is COc1ccc(CN(c2ccc(F)c(Cl)c2)c2ncnc3cc(CO)ccc23)cc1OC. The molecule has 0 radical (unpaired) electrons. The van der Waals surface area contributed by atoms with Crippen molar-refractivity contribution in [3.05, 3.63) is 82.9 Å². The molecular formula is C24H21ClFN3O3. The molecule has 1 aromatic heterocycles. The number of ether oxygens (including phenoxy) is 2. The van der Waals surface area contributed by atoms with Crippen LogP contribution >= 0.6 is 11.6 Å². The Kier molecular flexibility index (Phi) is 6.39. The summed E-state index contributed by atoms with van der Waals surface area (Å²) < 4.78 is 24.7. The molecule has 164 valence electrons. The summed E-state index contributed by atoms with van der Waals surface area (Å²) in [5.74, 6) is 1.34. The van der Waals surface area contributed by atoms with E-state index in [0.717, 1.165) is 16.5 Å². The highest BCUT2D eigenvalue weighted by Crippen LogP contribution is 2.35. The zero-order valence-electron chi connectivity index (χ0n) is 17.5. The van der Waals surface area contributed by atoms with Gasteiger partial charge in [0.15, 0.2) is 11.5 Å². The van der Waals surface area contributed by atoms with Crippen LogP contribution < -0.4 is 14.4 Å². The lowest BCUT2D eigenvalue weighted by atomic mass is 10.1. The number of anilines is 2. The minimum atomic E-state index is -0.499. The zero-order chi connectivity index (χ0) is 22.7. The Morgan fingerprint density at radius 3 is 2.44 bits per heavy atom. The lowest BCUT2D eigenvalue weighted by molar-refractivity contribution is 0.282. The van der Waals surface area contributed by atoms with Crippen molar-refractivity contribution in [3.8, 4) is 11.5 Å². The Hall–Kier alpha value is -3.42. The van der Waals surface area contributed by atoms with Gasteiger partial charge in [0.25, 0.3) is 0 Å². The Labute approximate surface area is 189 Å². The molecule has 0 aliphatic carbocycles. The van der Waals surface area contributed by atoms with E-state index in [-0.39, 0.29) is 11.6 Å². The van der Waals surface area contributed by atoms with Crippen molar-refractivity contribution in [2.75, 3.05) is 19.1 Å². The normalized spacial score (nSPS) is 10.9. The van der Waals surface area contributed by atoms with Crippen LogP contribution in [0, 0.1) is 5.82 Å². The minimum absolute atomic E-state index is 0.0146. The third-order valence-electron chi connectivity index (χ3n) is 5.12. The highest BCUT2D eigenvalue weighted by Gasteiger charge is 2.18. The zero-order valence-corrected chi connectivity index (χ0v) is 18.3. The Morgan fingerprint density at radius 2 is 1.72 bits per heavy atom. The number of hydrogen-bond acceptors (Lipinski definition) is 6. The van der Waals surface area contributed by atoms with Gasteiger partial charge in [-0.25, -0.2) is 14.4 Å². The van der Waals surface area contributed by atoms with Gasteiger partial charge in [0.1, 0.15) is 18.0 Å². The van der Waals surface area contributed by atoms with Gasteiger partial charge in [-0.1, -0.05) is 23.7 Å². The first-order chi connectivity index (χ1) is 15.5. The molecule has 0 amide bonds. The summed E-state index contributed by atoms with van der Waals surface area (Å²) in [6, 6.07) is 15.7. The molecule has 0 spiro atoms. The van der Waals surface area contributed by atoms with Gasteiger partial charge < -0.3 is 19.5 Å². The first kappa shape index (κ1) is 21.8. The van der Waals surface area contributed by atoms with E-state index in [1.54, 1.807) is 26.4 Å². The molecule has 0 saturated heterocycles. The number of benzene rings is 3. The number of nitrogens with zero attached hydrogens (tertiary/aromatic N) is 3. The number of aliphatic hydroxyl groups is 1. The number of halogens is 2.